The van der Waals surface area contributed by atoms with Crippen molar-refractivity contribution in [3.63, 3.8) is 0 Å². The van der Waals surface area contributed by atoms with E-state index in [2.05, 4.69) is 29.2 Å². The Morgan fingerprint density at radius 1 is 1.00 bits per heavy atom. The van der Waals surface area contributed by atoms with Crippen molar-refractivity contribution in [2.75, 3.05) is 26.2 Å². The van der Waals surface area contributed by atoms with Crippen LogP contribution < -0.4 is 0 Å². The van der Waals surface area contributed by atoms with E-state index in [-0.39, 0.29) is 12.5 Å². The molecule has 0 aliphatic carbocycles. The molecule has 2 aromatic carbocycles. The fourth-order valence-corrected chi connectivity index (χ4v) is 3.36. The largest absolute Gasteiger partial charge is 0.396 e. The van der Waals surface area contributed by atoms with Crippen molar-refractivity contribution in [3.05, 3.63) is 71.8 Å². The number of aliphatic hydroxyl groups is 2. The lowest BCUT2D eigenvalue weighted by Gasteiger charge is -2.28. The first kappa shape index (κ1) is 15.2. The van der Waals surface area contributed by atoms with Gasteiger partial charge in [-0.05, 0) is 17.5 Å². The number of β-amino-alcohol motifs (C(OH)–C–C–N with tert-alkyl or cyclic N) is 1. The van der Waals surface area contributed by atoms with Crippen LogP contribution in [0.2, 0.25) is 0 Å². The van der Waals surface area contributed by atoms with Crippen LogP contribution in [0.4, 0.5) is 0 Å². The Hall–Kier alpha value is -1.68. The van der Waals surface area contributed by atoms with Crippen LogP contribution >= 0.6 is 0 Å². The summed E-state index contributed by atoms with van der Waals surface area (Å²) in [6.45, 7) is 2.21. The van der Waals surface area contributed by atoms with Gasteiger partial charge in [-0.2, -0.15) is 0 Å². The molecule has 22 heavy (non-hydrogen) atoms. The number of aliphatic hydroxyl groups excluding tert-OH is 1. The van der Waals surface area contributed by atoms with E-state index in [1.54, 1.807) is 0 Å². The van der Waals surface area contributed by atoms with Gasteiger partial charge in [-0.15, -0.1) is 0 Å². The Morgan fingerprint density at radius 3 is 2.27 bits per heavy atom. The molecule has 1 heterocycles. The second-order valence-electron chi connectivity index (χ2n) is 6.14. The van der Waals surface area contributed by atoms with Gasteiger partial charge in [0.25, 0.3) is 0 Å². The van der Waals surface area contributed by atoms with Crippen LogP contribution in [-0.4, -0.2) is 41.4 Å². The maximum atomic E-state index is 11.1. The van der Waals surface area contributed by atoms with E-state index in [0.29, 0.717) is 6.54 Å². The summed E-state index contributed by atoms with van der Waals surface area (Å²) in [5, 5.41) is 20.8. The third kappa shape index (κ3) is 3.07. The SMILES string of the molecule is OC[C@H]1CN(CCc2ccccc2)C[C@]1(O)c1ccccc1. The fourth-order valence-electron chi connectivity index (χ4n) is 3.36. The van der Waals surface area contributed by atoms with Gasteiger partial charge in [0.15, 0.2) is 0 Å². The molecule has 0 amide bonds. The second-order valence-corrected chi connectivity index (χ2v) is 6.14. The minimum absolute atomic E-state index is 0.00717. The Morgan fingerprint density at radius 2 is 1.64 bits per heavy atom. The van der Waals surface area contributed by atoms with Crippen LogP contribution in [0.3, 0.4) is 0 Å². The standard InChI is InChI=1S/C19H23NO2/c21-14-18-13-20(12-11-16-7-3-1-4-8-16)15-19(18,22)17-9-5-2-6-10-17/h1-10,18,21-22H,11-15H2/t18-,19+/m1/s1. The molecule has 1 aliphatic rings. The van der Waals surface area contributed by atoms with E-state index in [1.165, 1.54) is 5.56 Å². The van der Waals surface area contributed by atoms with Crippen LogP contribution in [0.25, 0.3) is 0 Å². The maximum absolute atomic E-state index is 11.1. The number of nitrogens with zero attached hydrogens (tertiary/aromatic N) is 1. The van der Waals surface area contributed by atoms with Crippen molar-refractivity contribution in [1.82, 2.24) is 4.90 Å². The Balaban J connectivity index is 1.69. The van der Waals surface area contributed by atoms with Gasteiger partial charge < -0.3 is 10.2 Å². The number of hydrogen-bond donors (Lipinski definition) is 2. The highest BCUT2D eigenvalue weighted by molar-refractivity contribution is 5.26. The summed E-state index contributed by atoms with van der Waals surface area (Å²) in [5.74, 6) is -0.134. The van der Waals surface area contributed by atoms with E-state index < -0.39 is 5.60 Å². The first-order valence-electron chi connectivity index (χ1n) is 7.87. The highest BCUT2D eigenvalue weighted by Crippen LogP contribution is 2.36. The lowest BCUT2D eigenvalue weighted by molar-refractivity contribution is -0.0123. The first-order chi connectivity index (χ1) is 10.7. The van der Waals surface area contributed by atoms with Crippen molar-refractivity contribution in [2.45, 2.75) is 12.0 Å². The van der Waals surface area contributed by atoms with Crippen LogP contribution in [0.5, 0.6) is 0 Å². The lowest BCUT2D eigenvalue weighted by atomic mass is 9.84. The molecule has 0 radical (unpaired) electrons. The fraction of sp³-hybridized carbons (Fsp3) is 0.368. The van der Waals surface area contributed by atoms with Gasteiger partial charge in [-0.3, -0.25) is 4.90 Å². The molecule has 1 fully saturated rings. The van der Waals surface area contributed by atoms with Gasteiger partial charge in [0.05, 0.1) is 6.61 Å². The van der Waals surface area contributed by atoms with E-state index in [4.69, 9.17) is 0 Å². The predicted molar refractivity (Wildman–Crippen MR) is 87.5 cm³/mol. The van der Waals surface area contributed by atoms with Crippen molar-refractivity contribution < 1.29 is 10.2 Å². The molecule has 2 atom stereocenters. The Labute approximate surface area is 131 Å². The molecular weight excluding hydrogens is 274 g/mol. The summed E-state index contributed by atoms with van der Waals surface area (Å²) in [7, 11) is 0. The van der Waals surface area contributed by atoms with E-state index in [0.717, 1.165) is 25.1 Å². The average molecular weight is 297 g/mol. The topological polar surface area (TPSA) is 43.7 Å². The molecular formula is C19H23NO2. The molecule has 2 N–H and O–H groups in total. The van der Waals surface area contributed by atoms with E-state index in [9.17, 15) is 10.2 Å². The van der Waals surface area contributed by atoms with Crippen molar-refractivity contribution in [1.29, 1.82) is 0 Å². The molecule has 0 bridgehead atoms. The van der Waals surface area contributed by atoms with Crippen LogP contribution in [0, 0.1) is 5.92 Å². The number of hydrogen-bond acceptors (Lipinski definition) is 3. The first-order valence-corrected chi connectivity index (χ1v) is 7.87. The smallest absolute Gasteiger partial charge is 0.108 e. The molecule has 3 rings (SSSR count). The van der Waals surface area contributed by atoms with Gasteiger partial charge in [0.2, 0.25) is 0 Å². The average Bonchev–Trinajstić information content (AvgIpc) is 2.92. The number of benzene rings is 2. The maximum Gasteiger partial charge on any atom is 0.108 e. The number of likely N-dealkylation sites (tertiary alicyclic amines) is 1. The van der Waals surface area contributed by atoms with Crippen molar-refractivity contribution >= 4 is 0 Å². The summed E-state index contributed by atoms with van der Waals surface area (Å²) in [4.78, 5) is 2.25. The Kier molecular flexibility index (Phi) is 4.57. The highest BCUT2D eigenvalue weighted by atomic mass is 16.3. The molecule has 1 saturated heterocycles. The van der Waals surface area contributed by atoms with Gasteiger partial charge in [0.1, 0.15) is 5.60 Å². The van der Waals surface area contributed by atoms with Gasteiger partial charge in [-0.1, -0.05) is 60.7 Å². The molecule has 0 spiro atoms. The molecule has 3 heteroatoms. The Bertz CT molecular complexity index is 587. The summed E-state index contributed by atoms with van der Waals surface area (Å²) in [6.07, 6.45) is 0.962. The summed E-state index contributed by atoms with van der Waals surface area (Å²) in [5.41, 5.74) is 1.25. The zero-order valence-electron chi connectivity index (χ0n) is 12.7. The third-order valence-electron chi connectivity index (χ3n) is 4.67. The minimum Gasteiger partial charge on any atom is -0.396 e. The van der Waals surface area contributed by atoms with Crippen molar-refractivity contribution in [3.8, 4) is 0 Å². The molecule has 1 aliphatic heterocycles. The summed E-state index contributed by atoms with van der Waals surface area (Å²) < 4.78 is 0. The lowest BCUT2D eigenvalue weighted by Crippen LogP contribution is -2.37. The summed E-state index contributed by atoms with van der Waals surface area (Å²) in [6, 6.07) is 20.1. The monoisotopic (exact) mass is 297 g/mol. The molecule has 0 aromatic heterocycles. The minimum atomic E-state index is -0.952. The normalized spacial score (nSPS) is 25.5. The molecule has 0 unspecified atom stereocenters. The highest BCUT2D eigenvalue weighted by Gasteiger charge is 2.45. The van der Waals surface area contributed by atoms with Crippen LogP contribution in [0.15, 0.2) is 60.7 Å². The number of rotatable bonds is 5. The zero-order chi connectivity index (χ0) is 15.4. The molecule has 0 saturated carbocycles. The van der Waals surface area contributed by atoms with Gasteiger partial charge in [0, 0.05) is 25.6 Å². The quantitative estimate of drug-likeness (QED) is 0.887. The molecule has 116 valence electrons. The van der Waals surface area contributed by atoms with Crippen LogP contribution in [-0.2, 0) is 12.0 Å². The second kappa shape index (κ2) is 6.61. The molecule has 2 aromatic rings. The van der Waals surface area contributed by atoms with Crippen molar-refractivity contribution in [2.24, 2.45) is 5.92 Å². The van der Waals surface area contributed by atoms with Crippen LogP contribution in [0.1, 0.15) is 11.1 Å². The van der Waals surface area contributed by atoms with E-state index >= 15 is 0 Å². The van der Waals surface area contributed by atoms with E-state index in [1.807, 2.05) is 36.4 Å². The zero-order valence-corrected chi connectivity index (χ0v) is 12.7. The predicted octanol–water partition coefficient (Wildman–Crippen LogP) is 2.04. The summed E-state index contributed by atoms with van der Waals surface area (Å²) >= 11 is 0. The van der Waals surface area contributed by atoms with Gasteiger partial charge in [-0.25, -0.2) is 0 Å². The van der Waals surface area contributed by atoms with Gasteiger partial charge >= 0.3 is 0 Å². The third-order valence-corrected chi connectivity index (χ3v) is 4.67. The molecule has 3 nitrogen and oxygen atoms in total.